The first-order valence-electron chi connectivity index (χ1n) is 2.73. The van der Waals surface area contributed by atoms with Crippen molar-refractivity contribution in [1.82, 2.24) is 4.98 Å². The number of rotatable bonds is 1. The third-order valence-electron chi connectivity index (χ3n) is 1.10. The molecule has 1 heterocycles. The van der Waals surface area contributed by atoms with E-state index in [0.29, 0.717) is 0 Å². The highest BCUT2D eigenvalue weighted by molar-refractivity contribution is 6.32. The summed E-state index contributed by atoms with van der Waals surface area (Å²) in [4.78, 5) is 12.7. The van der Waals surface area contributed by atoms with Gasteiger partial charge in [-0.2, -0.15) is 5.23 Å². The molecule has 0 bridgehead atoms. The lowest BCUT2D eigenvalue weighted by molar-refractivity contribution is -0.991. The van der Waals surface area contributed by atoms with Crippen LogP contribution in [-0.2, 0) is 0 Å². The monoisotopic (exact) mass is 176 g/mol. The van der Waals surface area contributed by atoms with Crippen LogP contribution in [-0.4, -0.2) is 10.2 Å². The Hall–Kier alpha value is -0.880. The molecular formula is C5H5ClN2O3. The molecule has 0 fully saturated rings. The van der Waals surface area contributed by atoms with Crippen molar-refractivity contribution in [2.75, 3.05) is 0 Å². The van der Waals surface area contributed by atoms with Crippen LogP contribution in [0.2, 0.25) is 5.02 Å². The number of H-pyrrole nitrogens is 1. The van der Waals surface area contributed by atoms with Gasteiger partial charge >= 0.3 is 0 Å². The van der Waals surface area contributed by atoms with Gasteiger partial charge in [-0.15, -0.1) is 0 Å². The number of hydrogen-bond acceptors (Lipinski definition) is 3. The van der Waals surface area contributed by atoms with Crippen molar-refractivity contribution in [1.29, 1.82) is 0 Å². The number of quaternary nitrogens is 1. The second kappa shape index (κ2) is 3.02. The largest absolute Gasteiger partial charge is 0.595 e. The molecule has 0 saturated heterocycles. The van der Waals surface area contributed by atoms with Gasteiger partial charge in [-0.1, -0.05) is 11.6 Å². The van der Waals surface area contributed by atoms with Crippen molar-refractivity contribution >= 4 is 17.3 Å². The predicted molar refractivity (Wildman–Crippen MR) is 37.8 cm³/mol. The van der Waals surface area contributed by atoms with E-state index in [0.717, 1.165) is 12.3 Å². The second-order valence-electron chi connectivity index (χ2n) is 1.86. The lowest BCUT2D eigenvalue weighted by atomic mass is 10.4. The van der Waals surface area contributed by atoms with E-state index in [-0.39, 0.29) is 10.7 Å². The Balaban J connectivity index is 3.20. The first-order chi connectivity index (χ1) is 5.11. The van der Waals surface area contributed by atoms with E-state index in [2.05, 4.69) is 4.98 Å². The Kier molecular flexibility index (Phi) is 2.25. The molecule has 60 valence electrons. The van der Waals surface area contributed by atoms with Gasteiger partial charge in [-0.3, -0.25) is 4.79 Å². The zero-order valence-corrected chi connectivity index (χ0v) is 6.05. The molecule has 3 N–H and O–H groups in total. The van der Waals surface area contributed by atoms with Crippen LogP contribution >= 0.6 is 11.6 Å². The maximum Gasteiger partial charge on any atom is 0.249 e. The highest BCUT2D eigenvalue weighted by Gasteiger charge is 2.05. The molecule has 0 spiro atoms. The van der Waals surface area contributed by atoms with Gasteiger partial charge in [-0.05, 0) is 0 Å². The number of halogens is 1. The lowest BCUT2D eigenvalue weighted by Gasteiger charge is -2.11. The summed E-state index contributed by atoms with van der Waals surface area (Å²) >= 11 is 5.42. The first-order valence-corrected chi connectivity index (χ1v) is 3.10. The lowest BCUT2D eigenvalue weighted by Crippen LogP contribution is -2.99. The summed E-state index contributed by atoms with van der Waals surface area (Å²) in [5, 5.41) is 17.6. The van der Waals surface area contributed by atoms with Gasteiger partial charge in [0.05, 0.1) is 6.20 Å². The summed E-state index contributed by atoms with van der Waals surface area (Å²) < 4.78 is 0. The molecule has 0 aliphatic carbocycles. The van der Waals surface area contributed by atoms with Gasteiger partial charge in [0.15, 0.2) is 5.69 Å². The van der Waals surface area contributed by atoms with Crippen LogP contribution in [0.15, 0.2) is 17.1 Å². The van der Waals surface area contributed by atoms with E-state index in [1.165, 1.54) is 0 Å². The molecule has 0 aliphatic rings. The Morgan fingerprint density at radius 3 is 2.82 bits per heavy atom. The molecule has 0 saturated carbocycles. The van der Waals surface area contributed by atoms with Crippen molar-refractivity contribution in [3.63, 3.8) is 0 Å². The summed E-state index contributed by atoms with van der Waals surface area (Å²) in [6.07, 6.45) is 1.06. The summed E-state index contributed by atoms with van der Waals surface area (Å²) in [5.74, 6) is 0. The molecular weight excluding hydrogens is 172 g/mol. The molecule has 1 unspecified atom stereocenters. The van der Waals surface area contributed by atoms with Gasteiger partial charge in [0.25, 0.3) is 0 Å². The molecule has 5 nitrogen and oxygen atoms in total. The van der Waals surface area contributed by atoms with E-state index in [9.17, 15) is 10.0 Å². The predicted octanol–water partition coefficient (Wildman–Crippen LogP) is -0.568. The summed E-state index contributed by atoms with van der Waals surface area (Å²) in [6.45, 7) is 0. The van der Waals surface area contributed by atoms with Crippen LogP contribution in [0.5, 0.6) is 0 Å². The van der Waals surface area contributed by atoms with Gasteiger partial charge in [0.1, 0.15) is 5.02 Å². The normalized spacial score (nSPS) is 13.0. The third kappa shape index (κ3) is 1.78. The van der Waals surface area contributed by atoms with Gasteiger partial charge in [0, 0.05) is 6.07 Å². The Bertz CT molecular complexity index is 309. The first kappa shape index (κ1) is 8.22. The Labute approximate surface area is 66.4 Å². The Morgan fingerprint density at radius 2 is 2.36 bits per heavy atom. The highest BCUT2D eigenvalue weighted by atomic mass is 35.5. The van der Waals surface area contributed by atoms with Crippen molar-refractivity contribution in [3.8, 4) is 0 Å². The van der Waals surface area contributed by atoms with Crippen LogP contribution < -0.4 is 10.8 Å². The molecule has 0 amide bonds. The van der Waals surface area contributed by atoms with Crippen LogP contribution in [0, 0.1) is 5.21 Å². The van der Waals surface area contributed by atoms with Crippen molar-refractivity contribution < 1.29 is 10.4 Å². The quantitative estimate of drug-likeness (QED) is 0.502. The van der Waals surface area contributed by atoms with E-state index < -0.39 is 10.8 Å². The molecule has 0 radical (unpaired) electrons. The van der Waals surface area contributed by atoms with Crippen LogP contribution in [0.3, 0.4) is 0 Å². The van der Waals surface area contributed by atoms with Crippen LogP contribution in [0.25, 0.3) is 0 Å². The fraction of sp³-hybridized carbons (Fsp3) is 0. The summed E-state index contributed by atoms with van der Waals surface area (Å²) in [7, 11) is 0. The number of pyridine rings is 1. The topological polar surface area (TPSA) is 80.6 Å². The van der Waals surface area contributed by atoms with E-state index in [1.54, 1.807) is 0 Å². The van der Waals surface area contributed by atoms with Gasteiger partial charge in [0.2, 0.25) is 5.56 Å². The van der Waals surface area contributed by atoms with Gasteiger partial charge in [-0.25, -0.2) is 5.21 Å². The van der Waals surface area contributed by atoms with E-state index >= 15 is 0 Å². The molecule has 11 heavy (non-hydrogen) atoms. The van der Waals surface area contributed by atoms with Crippen molar-refractivity contribution in [3.05, 3.63) is 32.8 Å². The number of aromatic amines is 1. The zero-order chi connectivity index (χ0) is 8.43. The average molecular weight is 177 g/mol. The minimum atomic E-state index is -1.16. The van der Waals surface area contributed by atoms with Crippen LogP contribution in [0.4, 0.5) is 5.69 Å². The van der Waals surface area contributed by atoms with Crippen LogP contribution in [0.1, 0.15) is 0 Å². The zero-order valence-electron chi connectivity index (χ0n) is 5.30. The maximum absolute atomic E-state index is 10.5. The summed E-state index contributed by atoms with van der Waals surface area (Å²) in [5.41, 5.74) is -0.522. The summed E-state index contributed by atoms with van der Waals surface area (Å²) in [6, 6.07) is 1.02. The fourth-order valence-corrected chi connectivity index (χ4v) is 0.845. The number of nitrogens with one attached hydrogen (secondary N) is 2. The SMILES string of the molecule is O=c1cc(Cl)c([NH+]([O-])O)c[nH]1. The average Bonchev–Trinajstić information content (AvgIpc) is 1.85. The van der Waals surface area contributed by atoms with Crippen molar-refractivity contribution in [2.24, 2.45) is 0 Å². The van der Waals surface area contributed by atoms with Crippen molar-refractivity contribution in [2.45, 2.75) is 0 Å². The third-order valence-corrected chi connectivity index (χ3v) is 1.42. The second-order valence-corrected chi connectivity index (χ2v) is 2.27. The molecule has 1 aromatic heterocycles. The molecule has 1 aromatic rings. The molecule has 0 aliphatic heterocycles. The van der Waals surface area contributed by atoms with E-state index in [4.69, 9.17) is 16.8 Å². The molecule has 1 rings (SSSR count). The standard InChI is InChI=1S/C5H5ClN2O3/c6-3-1-5(9)7-2-4(3)8(10)11/h1-2,8,10H,(H,7,9). The fourth-order valence-electron chi connectivity index (χ4n) is 0.611. The number of hydrogen-bond donors (Lipinski definition) is 3. The number of aromatic nitrogens is 1. The molecule has 0 aromatic carbocycles. The van der Waals surface area contributed by atoms with E-state index in [1.807, 2.05) is 0 Å². The smallest absolute Gasteiger partial charge is 0.249 e. The maximum atomic E-state index is 10.5. The Morgan fingerprint density at radius 1 is 1.73 bits per heavy atom. The minimum absolute atomic E-state index is 0.0544. The molecule has 6 heteroatoms. The molecule has 1 atom stereocenters. The highest BCUT2D eigenvalue weighted by Crippen LogP contribution is 2.11. The van der Waals surface area contributed by atoms with Gasteiger partial charge < -0.3 is 10.2 Å². The minimum Gasteiger partial charge on any atom is -0.595 e.